The van der Waals surface area contributed by atoms with Gasteiger partial charge < -0.3 is 4.74 Å². The summed E-state index contributed by atoms with van der Waals surface area (Å²) in [6, 6.07) is 8.56. The molecule has 0 bridgehead atoms. The molecule has 1 saturated heterocycles. The van der Waals surface area contributed by atoms with E-state index < -0.39 is 15.8 Å². The van der Waals surface area contributed by atoms with Gasteiger partial charge in [-0.1, -0.05) is 6.07 Å². The second kappa shape index (κ2) is 7.63. The highest BCUT2D eigenvalue weighted by molar-refractivity contribution is 7.89. The van der Waals surface area contributed by atoms with E-state index in [0.29, 0.717) is 12.8 Å². The third-order valence-corrected chi connectivity index (χ3v) is 6.94. The molecule has 134 valence electrons. The van der Waals surface area contributed by atoms with E-state index in [4.69, 9.17) is 4.74 Å². The monoisotopic (exact) mass is 383 g/mol. The Kier molecular flexibility index (Phi) is 5.51. The number of rotatable bonds is 5. The quantitative estimate of drug-likeness (QED) is 0.745. The van der Waals surface area contributed by atoms with Gasteiger partial charge in [0.1, 0.15) is 12.4 Å². The van der Waals surface area contributed by atoms with Crippen molar-refractivity contribution in [1.82, 2.24) is 4.31 Å². The molecule has 5 nitrogen and oxygen atoms in total. The highest BCUT2D eigenvalue weighted by Gasteiger charge is 2.32. The van der Waals surface area contributed by atoms with Crippen LogP contribution in [-0.2, 0) is 26.2 Å². The van der Waals surface area contributed by atoms with E-state index in [-0.39, 0.29) is 36.5 Å². The molecule has 3 rings (SSSR count). The molecule has 1 aliphatic rings. The zero-order valence-electron chi connectivity index (χ0n) is 13.4. The molecule has 0 spiro atoms. The van der Waals surface area contributed by atoms with Crippen LogP contribution < -0.4 is 0 Å². The number of piperidine rings is 1. The lowest BCUT2D eigenvalue weighted by Gasteiger charge is -2.30. The third kappa shape index (κ3) is 4.26. The molecule has 1 aromatic carbocycles. The molecule has 2 heterocycles. The number of hydrogen-bond acceptors (Lipinski definition) is 5. The number of thiophene rings is 1. The van der Waals surface area contributed by atoms with Gasteiger partial charge >= 0.3 is 5.97 Å². The number of carbonyl (C=O) groups excluding carboxylic acids is 1. The van der Waals surface area contributed by atoms with Crippen LogP contribution in [0.2, 0.25) is 0 Å². The van der Waals surface area contributed by atoms with Gasteiger partial charge in [-0.3, -0.25) is 4.79 Å². The first-order valence-corrected chi connectivity index (χ1v) is 10.2. The van der Waals surface area contributed by atoms with Gasteiger partial charge in [-0.25, -0.2) is 12.8 Å². The lowest BCUT2D eigenvalue weighted by atomic mass is 9.98. The summed E-state index contributed by atoms with van der Waals surface area (Å²) in [5.41, 5.74) is 0. The van der Waals surface area contributed by atoms with Crippen LogP contribution in [0.5, 0.6) is 0 Å². The maximum Gasteiger partial charge on any atom is 0.309 e. The Morgan fingerprint density at radius 2 is 1.88 bits per heavy atom. The number of halogens is 1. The molecule has 25 heavy (non-hydrogen) atoms. The van der Waals surface area contributed by atoms with E-state index in [9.17, 15) is 17.6 Å². The van der Waals surface area contributed by atoms with Crippen LogP contribution in [0, 0.1) is 11.7 Å². The number of sulfonamides is 1. The van der Waals surface area contributed by atoms with Crippen molar-refractivity contribution in [3.63, 3.8) is 0 Å². The molecule has 1 aliphatic heterocycles. The maximum absolute atomic E-state index is 13.0. The van der Waals surface area contributed by atoms with Gasteiger partial charge in [0, 0.05) is 18.0 Å². The molecule has 0 atom stereocenters. The normalized spacial score (nSPS) is 16.7. The van der Waals surface area contributed by atoms with Crippen LogP contribution in [0.4, 0.5) is 4.39 Å². The standard InChI is InChI=1S/C17H18FNO4S2/c18-14-3-5-16(6-4-14)25(21,22)19-9-7-13(8-10-19)17(20)23-12-15-2-1-11-24-15/h1-6,11,13H,7-10,12H2. The SMILES string of the molecule is O=C(OCc1cccs1)C1CCN(S(=O)(=O)c2ccc(F)cc2)CC1. The smallest absolute Gasteiger partial charge is 0.309 e. The Morgan fingerprint density at radius 3 is 2.48 bits per heavy atom. The lowest BCUT2D eigenvalue weighted by Crippen LogP contribution is -2.40. The molecular weight excluding hydrogens is 365 g/mol. The van der Waals surface area contributed by atoms with Crippen molar-refractivity contribution in [3.05, 3.63) is 52.5 Å². The molecule has 8 heteroatoms. The van der Waals surface area contributed by atoms with Gasteiger partial charge in [-0.2, -0.15) is 4.31 Å². The van der Waals surface area contributed by atoms with Crippen molar-refractivity contribution in [1.29, 1.82) is 0 Å². The van der Waals surface area contributed by atoms with Gasteiger partial charge in [-0.15, -0.1) is 11.3 Å². The molecule has 0 unspecified atom stereocenters. The number of benzene rings is 1. The van der Waals surface area contributed by atoms with Crippen molar-refractivity contribution < 1.29 is 22.3 Å². The van der Waals surface area contributed by atoms with E-state index in [1.54, 1.807) is 0 Å². The van der Waals surface area contributed by atoms with Crippen LogP contribution in [0.3, 0.4) is 0 Å². The summed E-state index contributed by atoms with van der Waals surface area (Å²) in [7, 11) is -3.66. The van der Waals surface area contributed by atoms with Crippen molar-refractivity contribution >= 4 is 27.3 Å². The average Bonchev–Trinajstić information content (AvgIpc) is 3.14. The van der Waals surface area contributed by atoms with Gasteiger partial charge in [0.25, 0.3) is 0 Å². The first-order chi connectivity index (χ1) is 12.0. The van der Waals surface area contributed by atoms with Crippen LogP contribution in [0.1, 0.15) is 17.7 Å². The van der Waals surface area contributed by atoms with Crippen molar-refractivity contribution in [3.8, 4) is 0 Å². The van der Waals surface area contributed by atoms with Crippen molar-refractivity contribution in [2.24, 2.45) is 5.92 Å². The first kappa shape index (κ1) is 18.0. The molecular formula is C17H18FNO4S2. The summed E-state index contributed by atoms with van der Waals surface area (Å²) in [6.45, 7) is 0.752. The summed E-state index contributed by atoms with van der Waals surface area (Å²) in [5.74, 6) is -1.06. The molecule has 2 aromatic rings. The molecule has 0 radical (unpaired) electrons. The highest BCUT2D eigenvalue weighted by Crippen LogP contribution is 2.25. The number of esters is 1. The Hall–Kier alpha value is -1.77. The maximum atomic E-state index is 13.0. The van der Waals surface area contributed by atoms with Crippen molar-refractivity contribution in [2.75, 3.05) is 13.1 Å². The van der Waals surface area contributed by atoms with E-state index in [0.717, 1.165) is 17.0 Å². The minimum atomic E-state index is -3.66. The molecule has 0 saturated carbocycles. The van der Waals surface area contributed by atoms with E-state index >= 15 is 0 Å². The number of hydrogen-bond donors (Lipinski definition) is 0. The van der Waals surface area contributed by atoms with Crippen LogP contribution in [0.25, 0.3) is 0 Å². The topological polar surface area (TPSA) is 63.7 Å². The van der Waals surface area contributed by atoms with E-state index in [2.05, 4.69) is 0 Å². The van der Waals surface area contributed by atoms with E-state index in [1.807, 2.05) is 17.5 Å². The fraction of sp³-hybridized carbons (Fsp3) is 0.353. The van der Waals surface area contributed by atoms with Gasteiger partial charge in [0.05, 0.1) is 10.8 Å². The molecule has 0 N–H and O–H groups in total. The summed E-state index contributed by atoms with van der Waals surface area (Å²) in [5, 5.41) is 1.92. The number of nitrogens with zero attached hydrogens (tertiary/aromatic N) is 1. The minimum Gasteiger partial charge on any atom is -0.460 e. The Balaban J connectivity index is 1.55. The Labute approximate surface area is 150 Å². The summed E-state index contributed by atoms with van der Waals surface area (Å²) in [6.07, 6.45) is 0.841. The zero-order chi connectivity index (χ0) is 17.9. The summed E-state index contributed by atoms with van der Waals surface area (Å²) < 4.78 is 44.7. The Bertz CT molecular complexity index is 811. The van der Waals surface area contributed by atoms with Gasteiger partial charge in [-0.05, 0) is 48.6 Å². The van der Waals surface area contributed by atoms with Crippen molar-refractivity contribution in [2.45, 2.75) is 24.3 Å². The predicted octanol–water partition coefficient (Wildman–Crippen LogP) is 3.03. The zero-order valence-corrected chi connectivity index (χ0v) is 15.1. The lowest BCUT2D eigenvalue weighted by molar-refractivity contribution is -0.151. The van der Waals surface area contributed by atoms with Gasteiger partial charge in [0.2, 0.25) is 10.0 Å². The average molecular weight is 383 g/mol. The molecule has 0 aliphatic carbocycles. The highest BCUT2D eigenvalue weighted by atomic mass is 32.2. The second-order valence-electron chi connectivity index (χ2n) is 5.82. The number of ether oxygens (including phenoxy) is 1. The van der Waals surface area contributed by atoms with E-state index in [1.165, 1.54) is 27.8 Å². The van der Waals surface area contributed by atoms with Crippen LogP contribution >= 0.6 is 11.3 Å². The minimum absolute atomic E-state index is 0.0626. The Morgan fingerprint density at radius 1 is 1.20 bits per heavy atom. The summed E-state index contributed by atoms with van der Waals surface area (Å²) in [4.78, 5) is 13.2. The predicted molar refractivity (Wildman–Crippen MR) is 92.0 cm³/mol. The third-order valence-electron chi connectivity index (χ3n) is 4.18. The number of carbonyl (C=O) groups is 1. The first-order valence-electron chi connectivity index (χ1n) is 7.91. The molecule has 1 fully saturated rings. The van der Waals surface area contributed by atoms with Crippen LogP contribution in [-0.4, -0.2) is 31.8 Å². The molecule has 1 aromatic heterocycles. The fourth-order valence-corrected chi connectivity index (χ4v) is 4.83. The second-order valence-corrected chi connectivity index (χ2v) is 8.79. The van der Waals surface area contributed by atoms with Gasteiger partial charge in [0.15, 0.2) is 0 Å². The van der Waals surface area contributed by atoms with Crippen LogP contribution in [0.15, 0.2) is 46.7 Å². The largest absolute Gasteiger partial charge is 0.460 e. The fourth-order valence-electron chi connectivity index (χ4n) is 2.74. The summed E-state index contributed by atoms with van der Waals surface area (Å²) >= 11 is 1.52. The molecule has 0 amide bonds.